The molecule has 0 aliphatic carbocycles. The van der Waals surface area contributed by atoms with E-state index in [1.807, 2.05) is 31.2 Å². The fourth-order valence-electron chi connectivity index (χ4n) is 3.23. The SMILES string of the molecule is CC(=O)N1Cc2nc(C)nc(Nc3ccc(-c4cnn(C(C)=O)c4)cc3)c2C1. The molecule has 0 saturated carbocycles. The molecule has 3 heterocycles. The molecule has 3 aromatic rings. The van der Waals surface area contributed by atoms with Gasteiger partial charge in [0.15, 0.2) is 0 Å². The highest BCUT2D eigenvalue weighted by Gasteiger charge is 2.26. The lowest BCUT2D eigenvalue weighted by molar-refractivity contribution is -0.129. The first kappa shape index (κ1) is 17.8. The van der Waals surface area contributed by atoms with Crippen molar-refractivity contribution in [3.63, 3.8) is 0 Å². The van der Waals surface area contributed by atoms with Crippen molar-refractivity contribution in [2.24, 2.45) is 0 Å². The van der Waals surface area contributed by atoms with E-state index in [1.54, 1.807) is 24.2 Å². The summed E-state index contributed by atoms with van der Waals surface area (Å²) in [5.74, 6) is 1.29. The Morgan fingerprint density at radius 1 is 1.00 bits per heavy atom. The Kier molecular flexibility index (Phi) is 4.38. The standard InChI is InChI=1S/C20H20N6O2/c1-12-22-19-11-25(13(2)27)10-18(19)20(23-12)24-17-6-4-15(5-7-17)16-8-21-26(9-16)14(3)28/h4-9H,10-11H2,1-3H3,(H,22,23,24). The molecule has 0 saturated heterocycles. The fraction of sp³-hybridized carbons (Fsp3) is 0.250. The Balaban J connectivity index is 1.57. The monoisotopic (exact) mass is 376 g/mol. The predicted molar refractivity (Wildman–Crippen MR) is 104 cm³/mol. The lowest BCUT2D eigenvalue weighted by Crippen LogP contribution is -2.21. The molecule has 0 spiro atoms. The van der Waals surface area contributed by atoms with Gasteiger partial charge in [0.1, 0.15) is 11.6 Å². The van der Waals surface area contributed by atoms with Crippen LogP contribution < -0.4 is 5.32 Å². The van der Waals surface area contributed by atoms with E-state index < -0.39 is 0 Å². The Morgan fingerprint density at radius 2 is 1.75 bits per heavy atom. The number of benzene rings is 1. The zero-order valence-corrected chi connectivity index (χ0v) is 15.9. The number of nitrogens with zero attached hydrogens (tertiary/aromatic N) is 5. The number of rotatable bonds is 3. The minimum atomic E-state index is -0.128. The molecule has 4 rings (SSSR count). The van der Waals surface area contributed by atoms with Crippen LogP contribution in [-0.4, -0.2) is 36.5 Å². The lowest BCUT2D eigenvalue weighted by Gasteiger charge is -2.12. The average Bonchev–Trinajstić information content (AvgIpc) is 3.29. The normalized spacial score (nSPS) is 12.8. The molecule has 0 bridgehead atoms. The number of hydrogen-bond donors (Lipinski definition) is 1. The average molecular weight is 376 g/mol. The number of amides is 1. The zero-order valence-electron chi connectivity index (χ0n) is 15.9. The zero-order chi connectivity index (χ0) is 19.8. The second-order valence-electron chi connectivity index (χ2n) is 6.81. The van der Waals surface area contributed by atoms with Gasteiger partial charge in [-0.2, -0.15) is 5.10 Å². The van der Waals surface area contributed by atoms with E-state index in [-0.39, 0.29) is 11.8 Å². The van der Waals surface area contributed by atoms with Crippen LogP contribution in [0.2, 0.25) is 0 Å². The maximum absolute atomic E-state index is 11.7. The van der Waals surface area contributed by atoms with Gasteiger partial charge in [0.2, 0.25) is 11.8 Å². The number of aryl methyl sites for hydroxylation is 1. The van der Waals surface area contributed by atoms with E-state index >= 15 is 0 Å². The van der Waals surface area contributed by atoms with Gasteiger partial charge in [-0.3, -0.25) is 9.59 Å². The second-order valence-corrected chi connectivity index (χ2v) is 6.81. The predicted octanol–water partition coefficient (Wildman–Crippen LogP) is 2.91. The number of hydrogen-bond acceptors (Lipinski definition) is 6. The first-order valence-electron chi connectivity index (χ1n) is 8.95. The van der Waals surface area contributed by atoms with Gasteiger partial charge in [0.25, 0.3) is 0 Å². The summed E-state index contributed by atoms with van der Waals surface area (Å²) >= 11 is 0. The van der Waals surface area contributed by atoms with Gasteiger partial charge in [0.05, 0.1) is 25.0 Å². The smallest absolute Gasteiger partial charge is 0.243 e. The third-order valence-electron chi connectivity index (χ3n) is 4.73. The van der Waals surface area contributed by atoms with Crippen molar-refractivity contribution in [1.82, 2.24) is 24.6 Å². The van der Waals surface area contributed by atoms with Crippen LogP contribution in [0.5, 0.6) is 0 Å². The van der Waals surface area contributed by atoms with Crippen molar-refractivity contribution in [2.75, 3.05) is 5.32 Å². The van der Waals surface area contributed by atoms with E-state index in [0.29, 0.717) is 18.9 Å². The molecule has 28 heavy (non-hydrogen) atoms. The molecule has 8 nitrogen and oxygen atoms in total. The molecule has 1 aliphatic rings. The van der Waals surface area contributed by atoms with Crippen LogP contribution in [0, 0.1) is 6.92 Å². The molecule has 0 radical (unpaired) electrons. The minimum Gasteiger partial charge on any atom is -0.340 e. The molecular formula is C20H20N6O2. The van der Waals surface area contributed by atoms with E-state index in [2.05, 4.69) is 20.4 Å². The summed E-state index contributed by atoms with van der Waals surface area (Å²) in [6, 6.07) is 7.81. The largest absolute Gasteiger partial charge is 0.340 e. The van der Waals surface area contributed by atoms with Gasteiger partial charge in [-0.05, 0) is 24.6 Å². The first-order chi connectivity index (χ1) is 13.4. The molecule has 1 aliphatic heterocycles. The van der Waals surface area contributed by atoms with E-state index in [9.17, 15) is 9.59 Å². The van der Waals surface area contributed by atoms with Gasteiger partial charge < -0.3 is 10.2 Å². The summed E-state index contributed by atoms with van der Waals surface area (Å²) in [6.45, 7) is 5.90. The summed E-state index contributed by atoms with van der Waals surface area (Å²) in [4.78, 5) is 33.9. The highest BCUT2D eigenvalue weighted by molar-refractivity contribution is 5.77. The Labute approximate surface area is 162 Å². The van der Waals surface area contributed by atoms with Crippen LogP contribution in [0.1, 0.15) is 35.7 Å². The van der Waals surface area contributed by atoms with Gasteiger partial charge in [-0.25, -0.2) is 14.6 Å². The molecule has 0 atom stereocenters. The second kappa shape index (κ2) is 6.88. The van der Waals surface area contributed by atoms with Gasteiger partial charge in [0, 0.05) is 36.9 Å². The Morgan fingerprint density at radius 3 is 2.39 bits per heavy atom. The third-order valence-corrected chi connectivity index (χ3v) is 4.73. The highest BCUT2D eigenvalue weighted by atomic mass is 16.2. The van der Waals surface area contributed by atoms with E-state index in [0.717, 1.165) is 33.9 Å². The fourth-order valence-corrected chi connectivity index (χ4v) is 3.23. The van der Waals surface area contributed by atoms with Crippen molar-refractivity contribution >= 4 is 23.3 Å². The van der Waals surface area contributed by atoms with Crippen LogP contribution in [0.4, 0.5) is 11.5 Å². The van der Waals surface area contributed by atoms with Crippen LogP contribution in [0.3, 0.4) is 0 Å². The number of nitrogens with one attached hydrogen (secondary N) is 1. The summed E-state index contributed by atoms with van der Waals surface area (Å²) in [6.07, 6.45) is 3.38. The van der Waals surface area contributed by atoms with Gasteiger partial charge in [-0.15, -0.1) is 0 Å². The summed E-state index contributed by atoms with van der Waals surface area (Å²) in [5, 5.41) is 7.40. The van der Waals surface area contributed by atoms with Crippen molar-refractivity contribution in [3.05, 3.63) is 53.7 Å². The molecule has 0 unspecified atom stereocenters. The number of fused-ring (bicyclic) bond motifs is 1. The summed E-state index contributed by atoms with van der Waals surface area (Å²) < 4.78 is 1.31. The molecular weight excluding hydrogens is 356 g/mol. The highest BCUT2D eigenvalue weighted by Crippen LogP contribution is 2.30. The topological polar surface area (TPSA) is 93.0 Å². The van der Waals surface area contributed by atoms with Crippen LogP contribution >= 0.6 is 0 Å². The molecule has 142 valence electrons. The van der Waals surface area contributed by atoms with Crippen LogP contribution in [0.15, 0.2) is 36.7 Å². The van der Waals surface area contributed by atoms with Crippen molar-refractivity contribution < 1.29 is 9.59 Å². The van der Waals surface area contributed by atoms with Gasteiger partial charge >= 0.3 is 0 Å². The van der Waals surface area contributed by atoms with Crippen molar-refractivity contribution in [3.8, 4) is 11.1 Å². The molecule has 0 fully saturated rings. The number of aromatic nitrogens is 4. The summed E-state index contributed by atoms with van der Waals surface area (Å²) in [7, 11) is 0. The van der Waals surface area contributed by atoms with Crippen LogP contribution in [-0.2, 0) is 17.9 Å². The summed E-state index contributed by atoms with van der Waals surface area (Å²) in [5.41, 5.74) is 4.55. The number of carbonyl (C=O) groups excluding carboxylic acids is 2. The lowest BCUT2D eigenvalue weighted by atomic mass is 10.1. The molecule has 8 heteroatoms. The van der Waals surface area contributed by atoms with Crippen molar-refractivity contribution in [1.29, 1.82) is 0 Å². The maximum Gasteiger partial charge on any atom is 0.243 e. The van der Waals surface area contributed by atoms with Gasteiger partial charge in [-0.1, -0.05) is 12.1 Å². The number of carbonyl (C=O) groups is 2. The van der Waals surface area contributed by atoms with Crippen molar-refractivity contribution in [2.45, 2.75) is 33.9 Å². The molecule has 1 aromatic carbocycles. The molecule has 2 aromatic heterocycles. The minimum absolute atomic E-state index is 0.0251. The molecule has 1 N–H and O–H groups in total. The quantitative estimate of drug-likeness (QED) is 0.755. The first-order valence-corrected chi connectivity index (χ1v) is 8.95. The van der Waals surface area contributed by atoms with Crippen LogP contribution in [0.25, 0.3) is 11.1 Å². The van der Waals surface area contributed by atoms with E-state index in [4.69, 9.17) is 0 Å². The third kappa shape index (κ3) is 3.36. The Bertz CT molecular complexity index is 1070. The number of anilines is 2. The maximum atomic E-state index is 11.7. The Hall–Kier alpha value is -3.55. The molecule has 1 amide bonds. The van der Waals surface area contributed by atoms with E-state index in [1.165, 1.54) is 11.6 Å².